The molecule has 1 unspecified atom stereocenters. The molecule has 1 amide bonds. The van der Waals surface area contributed by atoms with Crippen LogP contribution in [0.15, 0.2) is 24.3 Å². The first kappa shape index (κ1) is 14.2. The number of anilines is 1. The third-order valence-electron chi connectivity index (χ3n) is 3.27. The average Bonchev–Trinajstić information content (AvgIpc) is 2.44. The van der Waals surface area contributed by atoms with Crippen LogP contribution in [0.5, 0.6) is 0 Å². The summed E-state index contributed by atoms with van der Waals surface area (Å²) in [6.45, 7) is 3.65. The zero-order valence-electron chi connectivity index (χ0n) is 11.2. The minimum atomic E-state index is -0.864. The minimum absolute atomic E-state index is 0.157. The summed E-state index contributed by atoms with van der Waals surface area (Å²) < 4.78 is 5.29. The number of methoxy groups -OCH3 is 1. The molecule has 0 aromatic heterocycles. The molecule has 0 aliphatic carbocycles. The van der Waals surface area contributed by atoms with Crippen LogP contribution in [0.2, 0.25) is 0 Å². The van der Waals surface area contributed by atoms with Crippen molar-refractivity contribution in [3.8, 4) is 6.07 Å². The van der Waals surface area contributed by atoms with Crippen LogP contribution in [-0.4, -0.2) is 25.7 Å². The van der Waals surface area contributed by atoms with E-state index in [1.54, 1.807) is 38.2 Å². The van der Waals surface area contributed by atoms with E-state index >= 15 is 0 Å². The number of nitriles is 1. The van der Waals surface area contributed by atoms with Crippen molar-refractivity contribution in [2.45, 2.75) is 25.9 Å². The van der Waals surface area contributed by atoms with Crippen molar-refractivity contribution in [2.75, 3.05) is 19.1 Å². The van der Waals surface area contributed by atoms with Gasteiger partial charge >= 0.3 is 0 Å². The van der Waals surface area contributed by atoms with E-state index in [0.717, 1.165) is 0 Å². The lowest BCUT2D eigenvalue weighted by atomic mass is 10.0. The molecule has 18 heavy (non-hydrogen) atoms. The van der Waals surface area contributed by atoms with Gasteiger partial charge in [0.05, 0.1) is 11.3 Å². The Balaban J connectivity index is 3.12. The predicted octanol–water partition coefficient (Wildman–Crippen LogP) is 2.34. The van der Waals surface area contributed by atoms with Crippen molar-refractivity contribution in [3.63, 3.8) is 0 Å². The fraction of sp³-hybridized carbons (Fsp3) is 0.429. The number of carbonyl (C=O) groups is 1. The van der Waals surface area contributed by atoms with E-state index in [2.05, 4.69) is 6.07 Å². The van der Waals surface area contributed by atoms with Crippen molar-refractivity contribution in [3.05, 3.63) is 29.8 Å². The summed E-state index contributed by atoms with van der Waals surface area (Å²) in [5.41, 5.74) is 0.210. The summed E-state index contributed by atoms with van der Waals surface area (Å²) in [7, 11) is 3.18. The Morgan fingerprint density at radius 3 is 2.61 bits per heavy atom. The molecular weight excluding hydrogens is 228 g/mol. The third-order valence-corrected chi connectivity index (χ3v) is 3.27. The van der Waals surface area contributed by atoms with Gasteiger partial charge < -0.3 is 9.64 Å². The van der Waals surface area contributed by atoms with E-state index in [-0.39, 0.29) is 5.91 Å². The largest absolute Gasteiger partial charge is 0.369 e. The van der Waals surface area contributed by atoms with Gasteiger partial charge in [0.1, 0.15) is 11.7 Å². The van der Waals surface area contributed by atoms with Crippen LogP contribution in [0.1, 0.15) is 25.8 Å². The van der Waals surface area contributed by atoms with E-state index in [4.69, 9.17) is 10.00 Å². The summed E-state index contributed by atoms with van der Waals surface area (Å²) in [5, 5.41) is 9.05. The number of hydrogen-bond donors (Lipinski definition) is 0. The highest BCUT2D eigenvalue weighted by Gasteiger charge is 2.34. The van der Waals surface area contributed by atoms with Gasteiger partial charge in [-0.05, 0) is 25.5 Å². The second kappa shape index (κ2) is 5.65. The molecule has 0 saturated carbocycles. The molecule has 1 aromatic rings. The average molecular weight is 246 g/mol. The van der Waals surface area contributed by atoms with Gasteiger partial charge in [0.2, 0.25) is 0 Å². The number of para-hydroxylation sites is 1. The van der Waals surface area contributed by atoms with Gasteiger partial charge in [-0.2, -0.15) is 5.26 Å². The van der Waals surface area contributed by atoms with E-state index < -0.39 is 5.60 Å². The lowest BCUT2D eigenvalue weighted by molar-refractivity contribution is -0.138. The van der Waals surface area contributed by atoms with Crippen LogP contribution in [0.4, 0.5) is 5.69 Å². The number of likely N-dealkylation sites (N-methyl/N-ethyl adjacent to an activating group) is 1. The molecule has 4 nitrogen and oxygen atoms in total. The predicted molar refractivity (Wildman–Crippen MR) is 70.3 cm³/mol. The fourth-order valence-electron chi connectivity index (χ4n) is 1.71. The molecule has 0 heterocycles. The Bertz CT molecular complexity index is 473. The van der Waals surface area contributed by atoms with Crippen LogP contribution in [0.3, 0.4) is 0 Å². The molecule has 0 N–H and O–H groups in total. The molecule has 0 aliphatic rings. The standard InChI is InChI=1S/C14H18N2O2/c1-5-14(2,18-4)13(17)16(3)12-9-7-6-8-11(12)10-15/h6-9H,5H2,1-4H3. The first-order valence-corrected chi connectivity index (χ1v) is 5.82. The lowest BCUT2D eigenvalue weighted by Crippen LogP contribution is -2.46. The molecule has 1 atom stereocenters. The minimum Gasteiger partial charge on any atom is -0.369 e. The van der Waals surface area contributed by atoms with Gasteiger partial charge in [0, 0.05) is 14.2 Å². The highest BCUT2D eigenvalue weighted by Crippen LogP contribution is 2.24. The smallest absolute Gasteiger partial charge is 0.258 e. The molecular formula is C14H18N2O2. The monoisotopic (exact) mass is 246 g/mol. The number of rotatable bonds is 4. The normalized spacial score (nSPS) is 13.5. The SMILES string of the molecule is CCC(C)(OC)C(=O)N(C)c1ccccc1C#N. The molecule has 1 aromatic carbocycles. The van der Waals surface area contributed by atoms with Gasteiger partial charge in [-0.15, -0.1) is 0 Å². The Morgan fingerprint density at radius 1 is 1.50 bits per heavy atom. The zero-order chi connectivity index (χ0) is 13.8. The first-order valence-electron chi connectivity index (χ1n) is 5.82. The van der Waals surface area contributed by atoms with Gasteiger partial charge in [-0.25, -0.2) is 0 Å². The third kappa shape index (κ3) is 2.52. The summed E-state index contributed by atoms with van der Waals surface area (Å²) >= 11 is 0. The Morgan fingerprint density at radius 2 is 2.11 bits per heavy atom. The summed E-state index contributed by atoms with van der Waals surface area (Å²) in [6.07, 6.45) is 0.571. The van der Waals surface area contributed by atoms with Crippen LogP contribution in [0, 0.1) is 11.3 Å². The highest BCUT2D eigenvalue weighted by atomic mass is 16.5. The van der Waals surface area contributed by atoms with Crippen LogP contribution in [-0.2, 0) is 9.53 Å². The first-order chi connectivity index (χ1) is 8.50. The van der Waals surface area contributed by atoms with Gasteiger partial charge in [0.25, 0.3) is 5.91 Å². The highest BCUT2D eigenvalue weighted by molar-refractivity contribution is 5.99. The molecule has 96 valence electrons. The molecule has 0 spiro atoms. The van der Waals surface area contributed by atoms with Crippen LogP contribution < -0.4 is 4.90 Å². The second-order valence-electron chi connectivity index (χ2n) is 4.28. The number of carbonyl (C=O) groups excluding carboxylic acids is 1. The van der Waals surface area contributed by atoms with E-state index in [9.17, 15) is 4.79 Å². The maximum atomic E-state index is 12.4. The van der Waals surface area contributed by atoms with Gasteiger partial charge in [-0.1, -0.05) is 19.1 Å². The molecule has 1 rings (SSSR count). The van der Waals surface area contributed by atoms with Crippen molar-refractivity contribution in [1.82, 2.24) is 0 Å². The molecule has 0 fully saturated rings. The van der Waals surface area contributed by atoms with Crippen molar-refractivity contribution >= 4 is 11.6 Å². The molecule has 4 heteroatoms. The summed E-state index contributed by atoms with van der Waals surface area (Å²) in [5.74, 6) is -0.157. The molecule has 0 radical (unpaired) electrons. The molecule has 0 saturated heterocycles. The molecule has 0 aliphatic heterocycles. The summed E-state index contributed by atoms with van der Waals surface area (Å²) in [4.78, 5) is 13.9. The van der Waals surface area contributed by atoms with Crippen LogP contribution >= 0.6 is 0 Å². The quantitative estimate of drug-likeness (QED) is 0.819. The number of amides is 1. The number of nitrogens with zero attached hydrogens (tertiary/aromatic N) is 2. The maximum absolute atomic E-state index is 12.4. The van der Waals surface area contributed by atoms with E-state index in [0.29, 0.717) is 17.7 Å². The van der Waals surface area contributed by atoms with E-state index in [1.165, 1.54) is 12.0 Å². The second-order valence-corrected chi connectivity index (χ2v) is 4.28. The lowest BCUT2D eigenvalue weighted by Gasteiger charge is -2.30. The Hall–Kier alpha value is -1.86. The number of benzene rings is 1. The van der Waals surface area contributed by atoms with Crippen molar-refractivity contribution < 1.29 is 9.53 Å². The topological polar surface area (TPSA) is 53.3 Å². The molecule has 0 bridgehead atoms. The van der Waals surface area contributed by atoms with Crippen molar-refractivity contribution in [2.24, 2.45) is 0 Å². The zero-order valence-corrected chi connectivity index (χ0v) is 11.2. The number of ether oxygens (including phenoxy) is 1. The van der Waals surface area contributed by atoms with Crippen LogP contribution in [0.25, 0.3) is 0 Å². The fourth-order valence-corrected chi connectivity index (χ4v) is 1.71. The maximum Gasteiger partial charge on any atom is 0.258 e. The van der Waals surface area contributed by atoms with Crippen molar-refractivity contribution in [1.29, 1.82) is 5.26 Å². The Labute approximate surface area is 108 Å². The Kier molecular flexibility index (Phi) is 4.46. The van der Waals surface area contributed by atoms with Gasteiger partial charge in [-0.3, -0.25) is 4.79 Å². The summed E-state index contributed by atoms with van der Waals surface area (Å²) in [6, 6.07) is 9.10. The van der Waals surface area contributed by atoms with E-state index in [1.807, 2.05) is 6.92 Å². The number of hydrogen-bond acceptors (Lipinski definition) is 3. The van der Waals surface area contributed by atoms with Gasteiger partial charge in [0.15, 0.2) is 0 Å².